The van der Waals surface area contributed by atoms with Gasteiger partial charge in [-0.2, -0.15) is 5.10 Å². The van der Waals surface area contributed by atoms with Crippen molar-refractivity contribution in [1.82, 2.24) is 24.6 Å². The van der Waals surface area contributed by atoms with Crippen LogP contribution in [0.5, 0.6) is 0 Å². The molecular formula is C16H20N6O. The highest BCUT2D eigenvalue weighted by atomic mass is 16.5. The molecule has 2 aromatic heterocycles. The highest BCUT2D eigenvalue weighted by molar-refractivity contribution is 5.82. The number of ether oxygens (including phenoxy) is 1. The number of nitrogens with zero attached hydrogens (tertiary/aromatic N) is 4. The molecule has 0 radical (unpaired) electrons. The van der Waals surface area contributed by atoms with Crippen LogP contribution in [0.3, 0.4) is 0 Å². The van der Waals surface area contributed by atoms with E-state index < -0.39 is 0 Å². The van der Waals surface area contributed by atoms with Gasteiger partial charge in [0, 0.05) is 31.4 Å². The van der Waals surface area contributed by atoms with Gasteiger partial charge < -0.3 is 15.5 Å². The predicted octanol–water partition coefficient (Wildman–Crippen LogP) is 1.34. The second-order valence-electron chi connectivity index (χ2n) is 5.80. The molecule has 3 N–H and O–H groups in total. The number of aromatic amines is 1. The highest BCUT2D eigenvalue weighted by Crippen LogP contribution is 2.23. The Hall–Kier alpha value is -2.38. The van der Waals surface area contributed by atoms with Gasteiger partial charge in [0.15, 0.2) is 5.95 Å². The van der Waals surface area contributed by atoms with Crippen molar-refractivity contribution >= 4 is 17.0 Å². The molecule has 1 aliphatic rings. The van der Waals surface area contributed by atoms with E-state index in [1.165, 1.54) is 0 Å². The lowest BCUT2D eigenvalue weighted by molar-refractivity contribution is 0.0360. The van der Waals surface area contributed by atoms with Crippen LogP contribution < -0.4 is 5.73 Å². The number of H-pyrrole nitrogens is 1. The molecule has 0 unspecified atom stereocenters. The molecule has 1 aliphatic heterocycles. The number of rotatable bonds is 4. The van der Waals surface area contributed by atoms with Crippen molar-refractivity contribution in [3.8, 4) is 11.1 Å². The van der Waals surface area contributed by atoms with Gasteiger partial charge >= 0.3 is 0 Å². The molecular weight excluding hydrogens is 292 g/mol. The van der Waals surface area contributed by atoms with E-state index in [0.717, 1.165) is 61.6 Å². The summed E-state index contributed by atoms with van der Waals surface area (Å²) in [5, 5.41) is 4.47. The Balaban J connectivity index is 1.47. The summed E-state index contributed by atoms with van der Waals surface area (Å²) in [5.41, 5.74) is 9.73. The molecule has 0 amide bonds. The van der Waals surface area contributed by atoms with Gasteiger partial charge in [-0.05, 0) is 17.7 Å². The average molecular weight is 312 g/mol. The molecule has 1 fully saturated rings. The molecule has 23 heavy (non-hydrogen) atoms. The summed E-state index contributed by atoms with van der Waals surface area (Å²) in [7, 11) is 0. The zero-order chi connectivity index (χ0) is 15.6. The molecule has 7 heteroatoms. The largest absolute Gasteiger partial charge is 0.379 e. The van der Waals surface area contributed by atoms with Crippen molar-refractivity contribution in [2.24, 2.45) is 0 Å². The topological polar surface area (TPSA) is 85.0 Å². The number of morpholine rings is 1. The van der Waals surface area contributed by atoms with E-state index in [-0.39, 0.29) is 0 Å². The Morgan fingerprint density at radius 1 is 1.17 bits per heavy atom. The molecule has 3 aromatic rings. The number of anilines is 1. The van der Waals surface area contributed by atoms with Crippen LogP contribution in [0.1, 0.15) is 0 Å². The molecule has 1 saturated heterocycles. The van der Waals surface area contributed by atoms with E-state index >= 15 is 0 Å². The smallest absolute Gasteiger partial charge is 0.198 e. The minimum atomic E-state index is 0.443. The molecule has 0 atom stereocenters. The summed E-state index contributed by atoms with van der Waals surface area (Å²) in [6, 6.07) is 6.08. The lowest BCUT2D eigenvalue weighted by Gasteiger charge is -2.26. The van der Waals surface area contributed by atoms with E-state index in [2.05, 4.69) is 32.2 Å². The zero-order valence-corrected chi connectivity index (χ0v) is 12.9. The SMILES string of the molecule is Nc1nc2ccc(-c3cnn(CCN4CCOCC4)c3)cc2[nH]1. The number of aromatic nitrogens is 4. The van der Waals surface area contributed by atoms with Gasteiger partial charge in [0.25, 0.3) is 0 Å². The normalized spacial score (nSPS) is 16.2. The van der Waals surface area contributed by atoms with Crippen LogP contribution in [0.15, 0.2) is 30.6 Å². The molecule has 0 bridgehead atoms. The van der Waals surface area contributed by atoms with Crippen molar-refractivity contribution in [2.75, 3.05) is 38.6 Å². The van der Waals surface area contributed by atoms with Gasteiger partial charge in [-0.15, -0.1) is 0 Å². The Bertz CT molecular complexity index is 802. The van der Waals surface area contributed by atoms with Crippen LogP contribution >= 0.6 is 0 Å². The maximum atomic E-state index is 5.70. The monoisotopic (exact) mass is 312 g/mol. The van der Waals surface area contributed by atoms with Crippen LogP contribution in [0.2, 0.25) is 0 Å². The van der Waals surface area contributed by atoms with E-state index in [4.69, 9.17) is 10.5 Å². The third-order valence-electron chi connectivity index (χ3n) is 4.22. The van der Waals surface area contributed by atoms with E-state index in [9.17, 15) is 0 Å². The van der Waals surface area contributed by atoms with Crippen LogP contribution in [-0.4, -0.2) is 57.5 Å². The Morgan fingerprint density at radius 2 is 2.04 bits per heavy atom. The van der Waals surface area contributed by atoms with Gasteiger partial charge in [-0.25, -0.2) is 4.98 Å². The van der Waals surface area contributed by atoms with Gasteiger partial charge in [0.05, 0.1) is 37.0 Å². The minimum Gasteiger partial charge on any atom is -0.379 e. The fourth-order valence-electron chi connectivity index (χ4n) is 2.91. The number of nitrogens with two attached hydrogens (primary N) is 1. The third kappa shape index (κ3) is 3.06. The van der Waals surface area contributed by atoms with E-state index in [1.807, 2.05) is 23.0 Å². The van der Waals surface area contributed by atoms with Gasteiger partial charge in [0.2, 0.25) is 0 Å². The summed E-state index contributed by atoms with van der Waals surface area (Å²) < 4.78 is 7.37. The predicted molar refractivity (Wildman–Crippen MR) is 89.0 cm³/mol. The maximum absolute atomic E-state index is 5.70. The summed E-state index contributed by atoms with van der Waals surface area (Å²) >= 11 is 0. The minimum absolute atomic E-state index is 0.443. The average Bonchev–Trinajstić information content (AvgIpc) is 3.18. The first-order valence-electron chi connectivity index (χ1n) is 7.86. The lowest BCUT2D eigenvalue weighted by Crippen LogP contribution is -2.38. The van der Waals surface area contributed by atoms with Gasteiger partial charge in [-0.1, -0.05) is 6.07 Å². The van der Waals surface area contributed by atoms with Crippen LogP contribution in [0.4, 0.5) is 5.95 Å². The number of nitrogens with one attached hydrogen (secondary N) is 1. The van der Waals surface area contributed by atoms with Gasteiger partial charge in [0.1, 0.15) is 0 Å². The van der Waals surface area contributed by atoms with Gasteiger partial charge in [-0.3, -0.25) is 9.58 Å². The number of hydrogen-bond donors (Lipinski definition) is 2. The molecule has 0 aliphatic carbocycles. The molecule has 120 valence electrons. The fourth-order valence-corrected chi connectivity index (χ4v) is 2.91. The Labute approximate surface area is 134 Å². The molecule has 0 saturated carbocycles. The second-order valence-corrected chi connectivity index (χ2v) is 5.80. The van der Waals surface area contributed by atoms with Crippen molar-refractivity contribution in [3.05, 3.63) is 30.6 Å². The summed E-state index contributed by atoms with van der Waals surface area (Å²) in [6.07, 6.45) is 3.99. The number of hydrogen-bond acceptors (Lipinski definition) is 5. The molecule has 1 aromatic carbocycles. The fraction of sp³-hybridized carbons (Fsp3) is 0.375. The molecule has 3 heterocycles. The number of fused-ring (bicyclic) bond motifs is 1. The van der Waals surface area contributed by atoms with E-state index in [0.29, 0.717) is 5.95 Å². The zero-order valence-electron chi connectivity index (χ0n) is 12.9. The first kappa shape index (κ1) is 14.2. The van der Waals surface area contributed by atoms with Crippen molar-refractivity contribution in [3.63, 3.8) is 0 Å². The maximum Gasteiger partial charge on any atom is 0.198 e. The second kappa shape index (κ2) is 6.02. The molecule has 4 rings (SSSR count). The third-order valence-corrected chi connectivity index (χ3v) is 4.22. The standard InChI is InChI=1S/C16H20N6O/c17-16-19-14-2-1-12(9-15(14)20-16)13-10-18-22(11-13)4-3-21-5-7-23-8-6-21/h1-2,9-11H,3-8H2,(H3,17,19,20). The first-order valence-corrected chi connectivity index (χ1v) is 7.86. The molecule has 0 spiro atoms. The van der Waals surface area contributed by atoms with Crippen molar-refractivity contribution < 1.29 is 4.74 Å². The summed E-state index contributed by atoms with van der Waals surface area (Å²) in [6.45, 7) is 5.56. The quantitative estimate of drug-likeness (QED) is 0.759. The Kier molecular flexibility index (Phi) is 3.72. The van der Waals surface area contributed by atoms with Crippen LogP contribution in [0.25, 0.3) is 22.2 Å². The number of nitrogen functional groups attached to an aromatic ring is 1. The Morgan fingerprint density at radius 3 is 2.91 bits per heavy atom. The number of benzene rings is 1. The summed E-state index contributed by atoms with van der Waals surface area (Å²) in [4.78, 5) is 9.69. The number of imidazole rings is 1. The lowest BCUT2D eigenvalue weighted by atomic mass is 10.1. The van der Waals surface area contributed by atoms with E-state index in [1.54, 1.807) is 0 Å². The van der Waals surface area contributed by atoms with Crippen LogP contribution in [0, 0.1) is 0 Å². The van der Waals surface area contributed by atoms with Crippen molar-refractivity contribution in [2.45, 2.75) is 6.54 Å². The molecule has 7 nitrogen and oxygen atoms in total. The summed E-state index contributed by atoms with van der Waals surface area (Å²) in [5.74, 6) is 0.443. The van der Waals surface area contributed by atoms with Crippen molar-refractivity contribution in [1.29, 1.82) is 0 Å². The van der Waals surface area contributed by atoms with Crippen LogP contribution in [-0.2, 0) is 11.3 Å². The first-order chi connectivity index (χ1) is 11.3. The highest BCUT2D eigenvalue weighted by Gasteiger charge is 2.10.